The van der Waals surface area contributed by atoms with Crippen molar-refractivity contribution in [1.29, 1.82) is 0 Å². The van der Waals surface area contributed by atoms with E-state index in [1.165, 1.54) is 31.4 Å². The highest BCUT2D eigenvalue weighted by Gasteiger charge is 2.15. The molecule has 0 radical (unpaired) electrons. The largest absolute Gasteiger partial charge is 0.495 e. The van der Waals surface area contributed by atoms with Gasteiger partial charge in [-0.05, 0) is 18.2 Å². The Kier molecular flexibility index (Phi) is 3.98. The minimum absolute atomic E-state index is 0.101. The summed E-state index contributed by atoms with van der Waals surface area (Å²) in [4.78, 5) is 26.1. The Labute approximate surface area is 119 Å². The van der Waals surface area contributed by atoms with Crippen LogP contribution in [-0.4, -0.2) is 22.9 Å². The van der Waals surface area contributed by atoms with Crippen LogP contribution in [0.1, 0.15) is 10.5 Å². The number of hydrogen-bond donors (Lipinski definition) is 2. The molecule has 0 saturated heterocycles. The number of anilines is 2. The number of nitro benzene ring substituents is 1. The van der Waals surface area contributed by atoms with Crippen LogP contribution in [-0.2, 0) is 0 Å². The molecular formula is C13H12N4O4. The second-order valence-electron chi connectivity index (χ2n) is 4.04. The van der Waals surface area contributed by atoms with Gasteiger partial charge in [-0.1, -0.05) is 6.07 Å². The van der Waals surface area contributed by atoms with Gasteiger partial charge in [0.15, 0.2) is 0 Å². The highest BCUT2D eigenvalue weighted by atomic mass is 16.6. The van der Waals surface area contributed by atoms with Crippen LogP contribution in [0.3, 0.4) is 0 Å². The van der Waals surface area contributed by atoms with E-state index < -0.39 is 10.8 Å². The van der Waals surface area contributed by atoms with Crippen LogP contribution in [0.25, 0.3) is 0 Å². The first kappa shape index (κ1) is 14.3. The summed E-state index contributed by atoms with van der Waals surface area (Å²) in [6.45, 7) is 0. The van der Waals surface area contributed by atoms with Crippen molar-refractivity contribution < 1.29 is 14.5 Å². The number of hydrogen-bond acceptors (Lipinski definition) is 6. The van der Waals surface area contributed by atoms with Crippen molar-refractivity contribution >= 4 is 23.1 Å². The maximum Gasteiger partial charge on any atom is 0.274 e. The summed E-state index contributed by atoms with van der Waals surface area (Å²) < 4.78 is 5.06. The number of nitrogens with one attached hydrogen (secondary N) is 1. The highest BCUT2D eigenvalue weighted by molar-refractivity contribution is 6.04. The van der Waals surface area contributed by atoms with Crippen LogP contribution in [0.5, 0.6) is 5.75 Å². The molecule has 0 aliphatic rings. The fraction of sp³-hybridized carbons (Fsp3) is 0.0769. The number of non-ortho nitro benzene ring substituents is 1. The fourth-order valence-electron chi connectivity index (χ4n) is 1.67. The molecule has 2 aromatic rings. The summed E-state index contributed by atoms with van der Waals surface area (Å²) >= 11 is 0. The number of nitrogens with zero attached hydrogens (tertiary/aromatic N) is 2. The molecule has 21 heavy (non-hydrogen) atoms. The molecule has 2 rings (SSSR count). The molecule has 1 heterocycles. The molecule has 0 unspecified atom stereocenters. The van der Waals surface area contributed by atoms with Crippen molar-refractivity contribution in [2.45, 2.75) is 0 Å². The summed E-state index contributed by atoms with van der Waals surface area (Å²) in [6.07, 6.45) is 0. The summed E-state index contributed by atoms with van der Waals surface area (Å²) in [5.74, 6) is -0.0346. The number of aromatic nitrogens is 1. The maximum atomic E-state index is 12.1. The van der Waals surface area contributed by atoms with E-state index in [9.17, 15) is 14.9 Å². The average Bonchev–Trinajstić information content (AvgIpc) is 2.47. The SMILES string of the molecule is COc1ccc([N+](=O)[O-])cc1NC(=O)c1cccc(N)n1. The lowest BCUT2D eigenvalue weighted by Crippen LogP contribution is -2.15. The van der Waals surface area contributed by atoms with Crippen molar-refractivity contribution in [1.82, 2.24) is 4.98 Å². The third-order valence-corrected chi connectivity index (χ3v) is 2.65. The lowest BCUT2D eigenvalue weighted by molar-refractivity contribution is -0.384. The molecule has 0 aliphatic heterocycles. The number of nitrogens with two attached hydrogens (primary N) is 1. The first-order valence-electron chi connectivity index (χ1n) is 5.87. The Hall–Kier alpha value is -3.16. The van der Waals surface area contributed by atoms with E-state index in [4.69, 9.17) is 10.5 Å². The second kappa shape index (κ2) is 5.87. The van der Waals surface area contributed by atoms with Crippen LogP contribution in [0.2, 0.25) is 0 Å². The number of methoxy groups -OCH3 is 1. The Balaban J connectivity index is 2.31. The van der Waals surface area contributed by atoms with Gasteiger partial charge in [0.05, 0.1) is 17.7 Å². The molecule has 0 saturated carbocycles. The minimum atomic E-state index is -0.562. The van der Waals surface area contributed by atoms with Gasteiger partial charge in [-0.15, -0.1) is 0 Å². The van der Waals surface area contributed by atoms with E-state index in [-0.39, 0.29) is 22.9 Å². The van der Waals surface area contributed by atoms with Gasteiger partial charge in [0, 0.05) is 12.1 Å². The quantitative estimate of drug-likeness (QED) is 0.654. The number of amides is 1. The first-order valence-corrected chi connectivity index (χ1v) is 5.87. The minimum Gasteiger partial charge on any atom is -0.495 e. The van der Waals surface area contributed by atoms with Crippen LogP contribution in [0.15, 0.2) is 36.4 Å². The third-order valence-electron chi connectivity index (χ3n) is 2.65. The van der Waals surface area contributed by atoms with Gasteiger partial charge in [0.1, 0.15) is 17.3 Å². The number of rotatable bonds is 4. The molecule has 0 bridgehead atoms. The van der Waals surface area contributed by atoms with Crippen molar-refractivity contribution in [2.75, 3.05) is 18.2 Å². The molecule has 1 aromatic heterocycles. The van der Waals surface area contributed by atoms with Gasteiger partial charge in [-0.25, -0.2) is 4.98 Å². The molecule has 0 spiro atoms. The second-order valence-corrected chi connectivity index (χ2v) is 4.04. The van der Waals surface area contributed by atoms with Crippen molar-refractivity contribution in [3.8, 4) is 5.75 Å². The number of benzene rings is 1. The molecule has 3 N–H and O–H groups in total. The number of nitro groups is 1. The summed E-state index contributed by atoms with van der Waals surface area (Å²) in [7, 11) is 1.40. The van der Waals surface area contributed by atoms with E-state index in [0.29, 0.717) is 5.75 Å². The zero-order valence-electron chi connectivity index (χ0n) is 11.1. The zero-order valence-corrected chi connectivity index (χ0v) is 11.1. The number of nitrogen functional groups attached to an aromatic ring is 1. The smallest absolute Gasteiger partial charge is 0.274 e. The van der Waals surface area contributed by atoms with E-state index in [1.807, 2.05) is 0 Å². The Morgan fingerprint density at radius 1 is 1.38 bits per heavy atom. The van der Waals surface area contributed by atoms with Crippen molar-refractivity contribution in [3.05, 3.63) is 52.2 Å². The Morgan fingerprint density at radius 3 is 2.76 bits per heavy atom. The molecule has 8 heteroatoms. The number of carbonyl (C=O) groups is 1. The summed E-state index contributed by atoms with van der Waals surface area (Å²) in [6, 6.07) is 8.51. The molecule has 1 aromatic carbocycles. The molecular weight excluding hydrogens is 276 g/mol. The molecule has 0 atom stereocenters. The summed E-state index contributed by atoms with van der Waals surface area (Å²) in [5.41, 5.74) is 5.63. The Morgan fingerprint density at radius 2 is 2.14 bits per heavy atom. The predicted molar refractivity (Wildman–Crippen MR) is 76.3 cm³/mol. The van der Waals surface area contributed by atoms with E-state index in [1.54, 1.807) is 12.1 Å². The van der Waals surface area contributed by atoms with E-state index >= 15 is 0 Å². The molecule has 108 valence electrons. The van der Waals surface area contributed by atoms with E-state index in [2.05, 4.69) is 10.3 Å². The normalized spacial score (nSPS) is 9.95. The first-order chi connectivity index (χ1) is 10.0. The molecule has 0 fully saturated rings. The standard InChI is InChI=1S/C13H12N4O4/c1-21-11-6-5-8(17(19)20)7-10(11)16-13(18)9-3-2-4-12(14)15-9/h2-7H,1H3,(H2,14,15)(H,16,18). The van der Waals surface area contributed by atoms with Crippen molar-refractivity contribution in [2.24, 2.45) is 0 Å². The lowest BCUT2D eigenvalue weighted by Gasteiger charge is -2.09. The van der Waals surface area contributed by atoms with Gasteiger partial charge in [-0.3, -0.25) is 14.9 Å². The number of carbonyl (C=O) groups excluding carboxylic acids is 1. The fourth-order valence-corrected chi connectivity index (χ4v) is 1.67. The zero-order chi connectivity index (χ0) is 15.4. The number of pyridine rings is 1. The Bertz CT molecular complexity index is 702. The third kappa shape index (κ3) is 3.24. The van der Waals surface area contributed by atoms with Gasteiger partial charge in [-0.2, -0.15) is 0 Å². The maximum absolute atomic E-state index is 12.1. The van der Waals surface area contributed by atoms with E-state index in [0.717, 1.165) is 0 Å². The van der Waals surface area contributed by atoms with Gasteiger partial charge >= 0.3 is 0 Å². The topological polar surface area (TPSA) is 120 Å². The molecule has 0 aliphatic carbocycles. The van der Waals surface area contributed by atoms with Gasteiger partial charge in [0.2, 0.25) is 0 Å². The van der Waals surface area contributed by atoms with Crippen LogP contribution in [0, 0.1) is 10.1 Å². The predicted octanol–water partition coefficient (Wildman–Crippen LogP) is 1.83. The van der Waals surface area contributed by atoms with Gasteiger partial charge in [0.25, 0.3) is 11.6 Å². The highest BCUT2D eigenvalue weighted by Crippen LogP contribution is 2.29. The average molecular weight is 288 g/mol. The van der Waals surface area contributed by atoms with Crippen molar-refractivity contribution in [3.63, 3.8) is 0 Å². The van der Waals surface area contributed by atoms with Crippen LogP contribution in [0.4, 0.5) is 17.2 Å². The van der Waals surface area contributed by atoms with Gasteiger partial charge < -0.3 is 15.8 Å². The molecule has 8 nitrogen and oxygen atoms in total. The van der Waals surface area contributed by atoms with Crippen LogP contribution >= 0.6 is 0 Å². The monoisotopic (exact) mass is 288 g/mol. The van der Waals surface area contributed by atoms with Crippen LogP contribution < -0.4 is 15.8 Å². The lowest BCUT2D eigenvalue weighted by atomic mass is 10.2. The molecule has 1 amide bonds. The summed E-state index contributed by atoms with van der Waals surface area (Å²) in [5, 5.41) is 13.3. The number of ether oxygens (including phenoxy) is 1.